The Balaban J connectivity index is 1.18. The number of pyridine rings is 1. The molecule has 6 rings (SSSR count). The maximum Gasteiger partial charge on any atom is 0.253 e. The zero-order valence-corrected chi connectivity index (χ0v) is 25.9. The molecule has 5 aromatic rings. The molecule has 2 N–H and O–H groups in total. The van der Waals surface area contributed by atoms with Gasteiger partial charge in [-0.25, -0.2) is 0 Å². The summed E-state index contributed by atoms with van der Waals surface area (Å²) in [6.45, 7) is 2.62. The standard InChI is InChI=1S/C38H36N2O4S/c1-26-35(25-45-34-10-3-2-4-11-34)43-38(44-36(26)30-14-12-27(24-41)13-15-30)31-18-16-29(17-19-31)32-8-5-7-28(21-32)22-40-37(42)33-9-6-20-39-23-33/h2-21,23,26,35-36,38,41H,22,24-25H2,1H3,(H,40,42)/t26-,35+,36+,38+/m1/s1. The van der Waals surface area contributed by atoms with Crippen LogP contribution >= 0.6 is 11.8 Å². The van der Waals surface area contributed by atoms with Crippen LogP contribution in [0.25, 0.3) is 11.1 Å². The van der Waals surface area contributed by atoms with Gasteiger partial charge in [0.1, 0.15) is 0 Å². The Kier molecular flexibility index (Phi) is 10.0. The average molecular weight is 617 g/mol. The van der Waals surface area contributed by atoms with Crippen molar-refractivity contribution in [1.29, 1.82) is 0 Å². The number of nitrogens with zero attached hydrogens (tertiary/aromatic N) is 1. The number of carbonyl (C=O) groups is 1. The van der Waals surface area contributed by atoms with E-state index in [1.54, 1.807) is 36.3 Å². The maximum atomic E-state index is 12.5. The second kappa shape index (κ2) is 14.7. The average Bonchev–Trinajstić information content (AvgIpc) is 3.11. The van der Waals surface area contributed by atoms with E-state index in [0.29, 0.717) is 12.1 Å². The number of amides is 1. The summed E-state index contributed by atoms with van der Waals surface area (Å²) in [6.07, 6.45) is 2.50. The quantitative estimate of drug-likeness (QED) is 0.156. The van der Waals surface area contributed by atoms with Crippen molar-refractivity contribution < 1.29 is 19.4 Å². The maximum absolute atomic E-state index is 12.5. The van der Waals surface area contributed by atoms with E-state index in [9.17, 15) is 9.90 Å². The van der Waals surface area contributed by atoms with Crippen molar-refractivity contribution in [1.82, 2.24) is 10.3 Å². The number of nitrogens with one attached hydrogen (secondary N) is 1. The number of rotatable bonds is 10. The second-order valence-electron chi connectivity index (χ2n) is 11.2. The third kappa shape index (κ3) is 7.70. The lowest BCUT2D eigenvalue weighted by Gasteiger charge is -2.41. The van der Waals surface area contributed by atoms with Crippen molar-refractivity contribution in [2.75, 3.05) is 5.75 Å². The minimum atomic E-state index is -0.520. The number of hydrogen-bond acceptors (Lipinski definition) is 6. The van der Waals surface area contributed by atoms with Crippen LogP contribution in [0, 0.1) is 5.92 Å². The van der Waals surface area contributed by atoms with Crippen molar-refractivity contribution in [3.8, 4) is 11.1 Å². The van der Waals surface area contributed by atoms with E-state index in [2.05, 4.69) is 77.9 Å². The summed E-state index contributed by atoms with van der Waals surface area (Å²) in [5.41, 5.74) is 6.58. The number of aliphatic hydroxyl groups excluding tert-OH is 1. The summed E-state index contributed by atoms with van der Waals surface area (Å²) in [5, 5.41) is 12.5. The first-order valence-corrected chi connectivity index (χ1v) is 16.1. The van der Waals surface area contributed by atoms with E-state index >= 15 is 0 Å². The van der Waals surface area contributed by atoms with E-state index in [0.717, 1.165) is 39.1 Å². The van der Waals surface area contributed by atoms with Gasteiger partial charge >= 0.3 is 0 Å². The molecule has 1 aliphatic heterocycles. The van der Waals surface area contributed by atoms with Gasteiger partial charge in [-0.2, -0.15) is 0 Å². The van der Waals surface area contributed by atoms with Gasteiger partial charge in [0.05, 0.1) is 24.4 Å². The molecule has 2 heterocycles. The first-order chi connectivity index (χ1) is 22.1. The van der Waals surface area contributed by atoms with Crippen molar-refractivity contribution >= 4 is 17.7 Å². The zero-order valence-electron chi connectivity index (χ0n) is 25.1. The molecule has 1 aromatic heterocycles. The molecule has 0 radical (unpaired) electrons. The minimum absolute atomic E-state index is 0.0126. The molecule has 6 nitrogen and oxygen atoms in total. The van der Waals surface area contributed by atoms with Crippen LogP contribution in [0.2, 0.25) is 0 Å². The van der Waals surface area contributed by atoms with Crippen LogP contribution in [0.5, 0.6) is 0 Å². The Morgan fingerprint density at radius 2 is 1.60 bits per heavy atom. The highest BCUT2D eigenvalue weighted by molar-refractivity contribution is 7.99. The number of carbonyl (C=O) groups excluding carboxylic acids is 1. The zero-order chi connectivity index (χ0) is 31.0. The molecule has 1 aliphatic rings. The molecule has 1 amide bonds. The van der Waals surface area contributed by atoms with Gasteiger partial charge in [0, 0.05) is 41.1 Å². The summed E-state index contributed by atoms with van der Waals surface area (Å²) in [4.78, 5) is 17.7. The van der Waals surface area contributed by atoms with Crippen molar-refractivity contribution in [2.45, 2.75) is 43.5 Å². The summed E-state index contributed by atoms with van der Waals surface area (Å²) in [7, 11) is 0. The Labute approximate surface area is 268 Å². The number of hydrogen-bond donors (Lipinski definition) is 2. The molecule has 45 heavy (non-hydrogen) atoms. The highest BCUT2D eigenvalue weighted by atomic mass is 32.2. The molecular formula is C38H36N2O4S. The molecule has 1 saturated heterocycles. The van der Waals surface area contributed by atoms with E-state index in [-0.39, 0.29) is 30.6 Å². The first-order valence-electron chi connectivity index (χ1n) is 15.1. The van der Waals surface area contributed by atoms with Crippen LogP contribution in [-0.4, -0.2) is 27.9 Å². The normalized spacial score (nSPS) is 19.6. The molecule has 7 heteroatoms. The van der Waals surface area contributed by atoms with Crippen LogP contribution in [-0.2, 0) is 22.6 Å². The van der Waals surface area contributed by atoms with Crippen molar-refractivity contribution in [3.05, 3.63) is 155 Å². The summed E-state index contributed by atoms with van der Waals surface area (Å²) in [6, 6.07) is 38.4. The Morgan fingerprint density at radius 3 is 2.33 bits per heavy atom. The van der Waals surface area contributed by atoms with Crippen molar-refractivity contribution in [3.63, 3.8) is 0 Å². The van der Waals surface area contributed by atoms with Gasteiger partial charge in [-0.1, -0.05) is 91.9 Å². The van der Waals surface area contributed by atoms with Gasteiger partial charge in [0.2, 0.25) is 0 Å². The molecule has 0 aliphatic carbocycles. The molecule has 0 unspecified atom stereocenters. The number of thioether (sulfide) groups is 1. The van der Waals surface area contributed by atoms with Crippen LogP contribution < -0.4 is 5.32 Å². The Bertz CT molecular complexity index is 1680. The number of benzene rings is 4. The lowest BCUT2D eigenvalue weighted by molar-refractivity contribution is -0.268. The summed E-state index contributed by atoms with van der Waals surface area (Å²) >= 11 is 1.79. The topological polar surface area (TPSA) is 80.7 Å². The minimum Gasteiger partial charge on any atom is -0.392 e. The lowest BCUT2D eigenvalue weighted by atomic mass is 9.91. The second-order valence-corrected chi connectivity index (χ2v) is 12.3. The van der Waals surface area contributed by atoms with Gasteiger partial charge < -0.3 is 19.9 Å². The highest BCUT2D eigenvalue weighted by Crippen LogP contribution is 2.43. The molecular weight excluding hydrogens is 580 g/mol. The van der Waals surface area contributed by atoms with Crippen molar-refractivity contribution in [2.24, 2.45) is 5.92 Å². The van der Waals surface area contributed by atoms with E-state index in [4.69, 9.17) is 9.47 Å². The monoisotopic (exact) mass is 616 g/mol. The van der Waals surface area contributed by atoms with Crippen LogP contribution in [0.1, 0.15) is 51.9 Å². The van der Waals surface area contributed by atoms with Crippen LogP contribution in [0.3, 0.4) is 0 Å². The Morgan fingerprint density at radius 1 is 0.822 bits per heavy atom. The van der Waals surface area contributed by atoms with Gasteiger partial charge in [-0.05, 0) is 58.1 Å². The van der Waals surface area contributed by atoms with Gasteiger partial charge in [-0.15, -0.1) is 11.8 Å². The van der Waals surface area contributed by atoms with Crippen LogP contribution in [0.15, 0.2) is 133 Å². The highest BCUT2D eigenvalue weighted by Gasteiger charge is 2.38. The molecule has 4 aromatic carbocycles. The van der Waals surface area contributed by atoms with Crippen LogP contribution in [0.4, 0.5) is 0 Å². The molecule has 228 valence electrons. The van der Waals surface area contributed by atoms with E-state index in [1.807, 2.05) is 42.5 Å². The molecule has 0 bridgehead atoms. The van der Waals surface area contributed by atoms with Gasteiger partial charge in [0.25, 0.3) is 5.91 Å². The van der Waals surface area contributed by atoms with Gasteiger partial charge in [0.15, 0.2) is 6.29 Å². The fourth-order valence-electron chi connectivity index (χ4n) is 5.48. The lowest BCUT2D eigenvalue weighted by Crippen LogP contribution is -2.38. The van der Waals surface area contributed by atoms with Gasteiger partial charge in [-0.3, -0.25) is 9.78 Å². The number of aromatic nitrogens is 1. The largest absolute Gasteiger partial charge is 0.392 e. The molecule has 0 spiro atoms. The Hall–Kier alpha value is -4.27. The van der Waals surface area contributed by atoms with E-state index in [1.165, 1.54) is 4.90 Å². The molecule has 1 fully saturated rings. The predicted molar refractivity (Wildman–Crippen MR) is 177 cm³/mol. The third-order valence-electron chi connectivity index (χ3n) is 8.10. The summed E-state index contributed by atoms with van der Waals surface area (Å²) in [5.74, 6) is 0.777. The smallest absolute Gasteiger partial charge is 0.253 e. The fraction of sp³-hybridized carbons (Fsp3) is 0.211. The number of aliphatic hydroxyl groups is 1. The third-order valence-corrected chi connectivity index (χ3v) is 9.20. The molecule has 4 atom stereocenters. The fourth-order valence-corrected chi connectivity index (χ4v) is 6.57. The SMILES string of the molecule is C[C@@H]1[C@H](CSc2ccccc2)O[C@H](c2ccc(-c3cccc(CNC(=O)c4cccnc4)c3)cc2)O[C@@H]1c1ccc(CO)cc1. The van der Waals surface area contributed by atoms with E-state index < -0.39 is 6.29 Å². The summed E-state index contributed by atoms with van der Waals surface area (Å²) < 4.78 is 13.3. The number of ether oxygens (including phenoxy) is 2. The predicted octanol–water partition coefficient (Wildman–Crippen LogP) is 7.75. The first kappa shape index (κ1) is 30.7. The molecule has 0 saturated carbocycles.